The SMILES string of the molecule is CCCc1nc(CCN(C)C)[nH]c(=O)c1I. The summed E-state index contributed by atoms with van der Waals surface area (Å²) in [6.07, 6.45) is 2.67. The van der Waals surface area contributed by atoms with Gasteiger partial charge in [-0.1, -0.05) is 13.3 Å². The number of nitrogens with zero attached hydrogens (tertiary/aromatic N) is 2. The summed E-state index contributed by atoms with van der Waals surface area (Å²) in [7, 11) is 4.02. The zero-order valence-corrected chi connectivity index (χ0v) is 12.2. The Kier molecular flexibility index (Phi) is 5.40. The molecule has 0 aliphatic carbocycles. The van der Waals surface area contributed by atoms with Crippen LogP contribution in [0.25, 0.3) is 0 Å². The molecule has 1 N–H and O–H groups in total. The Labute approximate surface area is 110 Å². The average Bonchev–Trinajstić information content (AvgIpc) is 2.22. The van der Waals surface area contributed by atoms with Crippen LogP contribution in [0, 0.1) is 3.57 Å². The first-order chi connectivity index (χ1) is 7.54. The van der Waals surface area contributed by atoms with E-state index in [1.54, 1.807) is 0 Å². The van der Waals surface area contributed by atoms with Crippen LogP contribution in [0.5, 0.6) is 0 Å². The topological polar surface area (TPSA) is 49.0 Å². The van der Waals surface area contributed by atoms with Crippen LogP contribution in [-0.2, 0) is 12.8 Å². The lowest BCUT2D eigenvalue weighted by molar-refractivity contribution is 0.409. The van der Waals surface area contributed by atoms with Crippen LogP contribution < -0.4 is 5.56 Å². The van der Waals surface area contributed by atoms with Crippen molar-refractivity contribution in [2.24, 2.45) is 0 Å². The van der Waals surface area contributed by atoms with E-state index >= 15 is 0 Å². The second-order valence-corrected chi connectivity index (χ2v) is 5.16. The third kappa shape index (κ3) is 3.86. The zero-order valence-electron chi connectivity index (χ0n) is 10.0. The lowest BCUT2D eigenvalue weighted by atomic mass is 10.2. The molecular formula is C11H18IN3O. The van der Waals surface area contributed by atoms with Gasteiger partial charge in [0.15, 0.2) is 0 Å². The molecule has 90 valence electrons. The van der Waals surface area contributed by atoms with E-state index in [9.17, 15) is 4.79 Å². The summed E-state index contributed by atoms with van der Waals surface area (Å²) in [5.74, 6) is 0.794. The Morgan fingerprint density at radius 1 is 1.38 bits per heavy atom. The minimum absolute atomic E-state index is 0.00666. The highest BCUT2D eigenvalue weighted by Crippen LogP contribution is 2.07. The molecular weight excluding hydrogens is 317 g/mol. The van der Waals surface area contributed by atoms with Gasteiger partial charge < -0.3 is 9.88 Å². The zero-order chi connectivity index (χ0) is 12.1. The average molecular weight is 335 g/mol. The largest absolute Gasteiger partial charge is 0.310 e. The Morgan fingerprint density at radius 3 is 2.62 bits per heavy atom. The molecule has 1 aromatic heterocycles. The first-order valence-corrected chi connectivity index (χ1v) is 6.54. The van der Waals surface area contributed by atoms with Crippen LogP contribution in [0.3, 0.4) is 0 Å². The molecule has 0 aliphatic heterocycles. The lowest BCUT2D eigenvalue weighted by Gasteiger charge is -2.10. The molecule has 0 radical (unpaired) electrons. The van der Waals surface area contributed by atoms with E-state index in [-0.39, 0.29) is 5.56 Å². The van der Waals surface area contributed by atoms with Crippen molar-refractivity contribution in [3.63, 3.8) is 0 Å². The van der Waals surface area contributed by atoms with Crippen molar-refractivity contribution in [2.75, 3.05) is 20.6 Å². The number of hydrogen-bond donors (Lipinski definition) is 1. The lowest BCUT2D eigenvalue weighted by Crippen LogP contribution is -2.22. The number of aromatic nitrogens is 2. The van der Waals surface area contributed by atoms with E-state index in [4.69, 9.17) is 0 Å². The molecule has 0 aromatic carbocycles. The Bertz CT molecular complexity index is 401. The van der Waals surface area contributed by atoms with Crippen LogP contribution in [-0.4, -0.2) is 35.5 Å². The third-order valence-corrected chi connectivity index (χ3v) is 3.38. The first kappa shape index (κ1) is 13.6. The summed E-state index contributed by atoms with van der Waals surface area (Å²) in [5, 5.41) is 0. The Hall–Kier alpha value is -0.430. The van der Waals surface area contributed by atoms with Gasteiger partial charge in [-0.15, -0.1) is 0 Å². The van der Waals surface area contributed by atoms with Crippen molar-refractivity contribution in [3.8, 4) is 0 Å². The second-order valence-electron chi connectivity index (χ2n) is 4.08. The predicted molar refractivity (Wildman–Crippen MR) is 73.8 cm³/mol. The van der Waals surface area contributed by atoms with Crippen LogP contribution in [0.15, 0.2) is 4.79 Å². The number of hydrogen-bond acceptors (Lipinski definition) is 3. The maximum absolute atomic E-state index is 11.7. The number of aromatic amines is 1. The van der Waals surface area contributed by atoms with Crippen molar-refractivity contribution < 1.29 is 0 Å². The highest BCUT2D eigenvalue weighted by Gasteiger charge is 2.08. The second kappa shape index (κ2) is 6.34. The van der Waals surface area contributed by atoms with Crippen molar-refractivity contribution in [2.45, 2.75) is 26.2 Å². The number of rotatable bonds is 5. The highest BCUT2D eigenvalue weighted by molar-refractivity contribution is 14.1. The molecule has 16 heavy (non-hydrogen) atoms. The normalized spacial score (nSPS) is 11.1. The number of H-pyrrole nitrogens is 1. The summed E-state index contributed by atoms with van der Waals surface area (Å²) in [4.78, 5) is 21.1. The monoisotopic (exact) mass is 335 g/mol. The molecule has 1 aromatic rings. The summed E-state index contributed by atoms with van der Waals surface area (Å²) in [5.41, 5.74) is 0.924. The number of halogens is 1. The summed E-state index contributed by atoms with van der Waals surface area (Å²) < 4.78 is 0.730. The molecule has 0 fully saturated rings. The van der Waals surface area contributed by atoms with Gasteiger partial charge in [0, 0.05) is 13.0 Å². The van der Waals surface area contributed by atoms with Gasteiger partial charge in [-0.2, -0.15) is 0 Å². The van der Waals surface area contributed by atoms with Gasteiger partial charge in [0.05, 0.1) is 9.26 Å². The minimum atomic E-state index is -0.00666. The van der Waals surface area contributed by atoms with E-state index in [1.807, 2.05) is 14.1 Å². The van der Waals surface area contributed by atoms with Crippen molar-refractivity contribution in [1.82, 2.24) is 14.9 Å². The molecule has 0 aliphatic rings. The molecule has 4 nitrogen and oxygen atoms in total. The predicted octanol–water partition coefficient (Wildman–Crippen LogP) is 1.43. The molecule has 0 atom stereocenters. The first-order valence-electron chi connectivity index (χ1n) is 5.47. The van der Waals surface area contributed by atoms with E-state index < -0.39 is 0 Å². The molecule has 0 unspecified atom stereocenters. The van der Waals surface area contributed by atoms with Gasteiger partial charge in [-0.25, -0.2) is 4.98 Å². The quantitative estimate of drug-likeness (QED) is 0.829. The fourth-order valence-corrected chi connectivity index (χ4v) is 1.93. The molecule has 0 saturated carbocycles. The Balaban J connectivity index is 2.90. The maximum atomic E-state index is 11.7. The summed E-state index contributed by atoms with van der Waals surface area (Å²) in [6, 6.07) is 0. The van der Waals surface area contributed by atoms with Gasteiger partial charge in [-0.3, -0.25) is 4.79 Å². The smallest absolute Gasteiger partial charge is 0.264 e. The number of nitrogens with one attached hydrogen (secondary N) is 1. The van der Waals surface area contributed by atoms with Crippen molar-refractivity contribution in [3.05, 3.63) is 25.4 Å². The molecule has 1 rings (SSSR count). The van der Waals surface area contributed by atoms with Crippen LogP contribution in [0.4, 0.5) is 0 Å². The van der Waals surface area contributed by atoms with Crippen molar-refractivity contribution >= 4 is 22.6 Å². The van der Waals surface area contributed by atoms with E-state index in [2.05, 4.69) is 44.4 Å². The fraction of sp³-hybridized carbons (Fsp3) is 0.636. The fourth-order valence-electron chi connectivity index (χ4n) is 1.41. The van der Waals surface area contributed by atoms with Crippen LogP contribution in [0.1, 0.15) is 24.9 Å². The molecule has 0 spiro atoms. The Morgan fingerprint density at radius 2 is 2.06 bits per heavy atom. The van der Waals surface area contributed by atoms with E-state index in [0.717, 1.165) is 40.9 Å². The standard InChI is InChI=1S/C11H18IN3O/c1-4-5-8-10(12)11(16)14-9(13-8)6-7-15(2)3/h4-7H2,1-3H3,(H,13,14,16). The van der Waals surface area contributed by atoms with Gasteiger partial charge in [0.25, 0.3) is 5.56 Å². The van der Waals surface area contributed by atoms with E-state index in [0.29, 0.717) is 0 Å². The molecule has 0 amide bonds. The molecule has 0 saturated heterocycles. The minimum Gasteiger partial charge on any atom is -0.310 e. The number of aryl methyl sites for hydroxylation is 1. The van der Waals surface area contributed by atoms with Crippen LogP contribution in [0.2, 0.25) is 0 Å². The van der Waals surface area contributed by atoms with Gasteiger partial charge in [0.1, 0.15) is 5.82 Å². The van der Waals surface area contributed by atoms with Gasteiger partial charge >= 0.3 is 0 Å². The van der Waals surface area contributed by atoms with Gasteiger partial charge in [0.2, 0.25) is 0 Å². The number of likely N-dealkylation sites (N-methyl/N-ethyl adjacent to an activating group) is 1. The molecule has 0 bridgehead atoms. The van der Waals surface area contributed by atoms with E-state index in [1.165, 1.54) is 0 Å². The molecule has 5 heteroatoms. The van der Waals surface area contributed by atoms with Crippen LogP contribution >= 0.6 is 22.6 Å². The van der Waals surface area contributed by atoms with Crippen molar-refractivity contribution in [1.29, 1.82) is 0 Å². The summed E-state index contributed by atoms with van der Waals surface area (Å²) >= 11 is 2.07. The maximum Gasteiger partial charge on any atom is 0.264 e. The third-order valence-electron chi connectivity index (χ3n) is 2.26. The van der Waals surface area contributed by atoms with Gasteiger partial charge in [-0.05, 0) is 43.1 Å². The highest BCUT2D eigenvalue weighted by atomic mass is 127. The molecule has 1 heterocycles. The summed E-state index contributed by atoms with van der Waals surface area (Å²) in [6.45, 7) is 2.99.